The van der Waals surface area contributed by atoms with Crippen LogP contribution < -0.4 is 10.6 Å². The standard InChI is InChI=1S/C21H16FN5O6/c22-15-7-5-14(6-8-15)21(32,33)27-19(29)17-9-16(24-11-25-17)18(28)26-20(30,31)13-3-1-12(10-23)2-4-13/h1-9,11,30-33H,(H,26,28)(H,27,29). The lowest BCUT2D eigenvalue weighted by Crippen LogP contribution is -2.47. The van der Waals surface area contributed by atoms with Crippen LogP contribution in [0.1, 0.15) is 37.7 Å². The minimum absolute atomic E-state index is 0.147. The molecule has 0 saturated heterocycles. The molecule has 2 aromatic carbocycles. The molecule has 0 aliphatic carbocycles. The Labute approximate surface area is 185 Å². The predicted molar refractivity (Wildman–Crippen MR) is 107 cm³/mol. The second-order valence-corrected chi connectivity index (χ2v) is 6.74. The number of rotatable bonds is 6. The van der Waals surface area contributed by atoms with Crippen LogP contribution >= 0.6 is 0 Å². The van der Waals surface area contributed by atoms with Crippen LogP contribution in [-0.4, -0.2) is 42.2 Å². The highest BCUT2D eigenvalue weighted by atomic mass is 19.1. The third-order valence-corrected chi connectivity index (χ3v) is 4.37. The lowest BCUT2D eigenvalue weighted by atomic mass is 10.1. The first kappa shape index (κ1) is 23.4. The van der Waals surface area contributed by atoms with Crippen LogP contribution in [0.5, 0.6) is 0 Å². The maximum atomic E-state index is 13.0. The summed E-state index contributed by atoms with van der Waals surface area (Å²) in [6.45, 7) is 0. The number of benzene rings is 2. The number of nitrogens with one attached hydrogen (secondary N) is 2. The highest BCUT2D eigenvalue weighted by Crippen LogP contribution is 2.18. The molecule has 0 aliphatic rings. The first-order valence-corrected chi connectivity index (χ1v) is 9.15. The molecule has 0 atom stereocenters. The first-order valence-electron chi connectivity index (χ1n) is 9.15. The summed E-state index contributed by atoms with van der Waals surface area (Å²) in [5.74, 6) is -8.55. The van der Waals surface area contributed by atoms with Gasteiger partial charge in [0.15, 0.2) is 0 Å². The quantitative estimate of drug-likeness (QED) is 0.268. The molecule has 12 heteroatoms. The van der Waals surface area contributed by atoms with E-state index in [2.05, 4.69) is 9.97 Å². The normalized spacial score (nSPS) is 11.4. The highest BCUT2D eigenvalue weighted by molar-refractivity contribution is 5.97. The molecule has 11 nitrogen and oxygen atoms in total. The van der Waals surface area contributed by atoms with E-state index in [0.717, 1.165) is 36.7 Å². The van der Waals surface area contributed by atoms with Crippen molar-refractivity contribution in [2.45, 2.75) is 11.8 Å². The average molecular weight is 453 g/mol. The van der Waals surface area contributed by atoms with Gasteiger partial charge in [-0.15, -0.1) is 0 Å². The molecule has 1 heterocycles. The fourth-order valence-electron chi connectivity index (χ4n) is 2.65. The van der Waals surface area contributed by atoms with Gasteiger partial charge in [-0.3, -0.25) is 20.2 Å². The van der Waals surface area contributed by atoms with Gasteiger partial charge in [0.05, 0.1) is 11.6 Å². The van der Waals surface area contributed by atoms with Crippen molar-refractivity contribution in [3.63, 3.8) is 0 Å². The topological polar surface area (TPSA) is 189 Å². The van der Waals surface area contributed by atoms with Crippen molar-refractivity contribution in [1.82, 2.24) is 20.6 Å². The van der Waals surface area contributed by atoms with Gasteiger partial charge < -0.3 is 20.4 Å². The summed E-state index contributed by atoms with van der Waals surface area (Å²) in [7, 11) is 0. The Morgan fingerprint density at radius 3 is 1.67 bits per heavy atom. The number of amides is 2. The third-order valence-electron chi connectivity index (χ3n) is 4.37. The average Bonchev–Trinajstić information content (AvgIpc) is 2.79. The first-order chi connectivity index (χ1) is 15.5. The van der Waals surface area contributed by atoms with Crippen molar-refractivity contribution < 1.29 is 34.4 Å². The van der Waals surface area contributed by atoms with Gasteiger partial charge in [-0.05, 0) is 36.4 Å². The summed E-state index contributed by atoms with van der Waals surface area (Å²) in [6, 6.07) is 11.8. The Kier molecular flexibility index (Phi) is 6.43. The monoisotopic (exact) mass is 453 g/mol. The zero-order valence-electron chi connectivity index (χ0n) is 16.6. The van der Waals surface area contributed by atoms with Crippen LogP contribution in [0.3, 0.4) is 0 Å². The molecule has 1 aromatic heterocycles. The lowest BCUT2D eigenvalue weighted by Gasteiger charge is -2.23. The van der Waals surface area contributed by atoms with Crippen LogP contribution in [0.4, 0.5) is 4.39 Å². The summed E-state index contributed by atoms with van der Waals surface area (Å²) in [4.78, 5) is 32.1. The summed E-state index contributed by atoms with van der Waals surface area (Å²) in [6.07, 6.45) is 0.830. The van der Waals surface area contributed by atoms with Gasteiger partial charge in [-0.25, -0.2) is 14.4 Å². The Hall–Kier alpha value is -4.28. The molecular formula is C21H16FN5O6. The zero-order valence-corrected chi connectivity index (χ0v) is 16.6. The Morgan fingerprint density at radius 2 is 1.24 bits per heavy atom. The van der Waals surface area contributed by atoms with Crippen LogP contribution in [0.2, 0.25) is 0 Å². The number of nitrogens with zero attached hydrogens (tertiary/aromatic N) is 3. The molecule has 6 N–H and O–H groups in total. The van der Waals surface area contributed by atoms with Gasteiger partial charge in [0.2, 0.25) is 0 Å². The molecule has 0 radical (unpaired) electrons. The Balaban J connectivity index is 1.75. The van der Waals surface area contributed by atoms with E-state index in [1.165, 1.54) is 24.3 Å². The summed E-state index contributed by atoms with van der Waals surface area (Å²) in [5.41, 5.74) is -1.02. The van der Waals surface area contributed by atoms with Crippen LogP contribution in [0.25, 0.3) is 0 Å². The van der Waals surface area contributed by atoms with E-state index >= 15 is 0 Å². The van der Waals surface area contributed by atoms with E-state index in [1.807, 2.05) is 16.7 Å². The number of hydrogen-bond donors (Lipinski definition) is 6. The van der Waals surface area contributed by atoms with Crippen LogP contribution in [-0.2, 0) is 11.8 Å². The maximum Gasteiger partial charge on any atom is 0.275 e. The maximum absolute atomic E-state index is 13.0. The van der Waals surface area contributed by atoms with Crippen molar-refractivity contribution in [3.8, 4) is 6.07 Å². The molecular weight excluding hydrogens is 437 g/mol. The van der Waals surface area contributed by atoms with Gasteiger partial charge in [-0.1, -0.05) is 12.1 Å². The van der Waals surface area contributed by atoms with Gasteiger partial charge in [0, 0.05) is 17.2 Å². The second kappa shape index (κ2) is 9.07. The van der Waals surface area contributed by atoms with Crippen molar-refractivity contribution >= 4 is 11.8 Å². The Bertz CT molecular complexity index is 1220. The summed E-state index contributed by atoms with van der Waals surface area (Å²) >= 11 is 0. The molecule has 0 saturated carbocycles. The fourth-order valence-corrected chi connectivity index (χ4v) is 2.65. The number of carbonyl (C=O) groups is 2. The highest BCUT2D eigenvalue weighted by Gasteiger charge is 2.31. The third kappa shape index (κ3) is 5.50. The largest absolute Gasteiger partial charge is 0.345 e. The van der Waals surface area contributed by atoms with Crippen molar-refractivity contribution in [2.75, 3.05) is 0 Å². The number of aliphatic hydroxyl groups is 4. The minimum atomic E-state index is -2.88. The van der Waals surface area contributed by atoms with E-state index in [4.69, 9.17) is 5.26 Å². The fraction of sp³-hybridized carbons (Fsp3) is 0.0952. The second-order valence-electron chi connectivity index (χ2n) is 6.74. The van der Waals surface area contributed by atoms with Gasteiger partial charge in [0.1, 0.15) is 23.5 Å². The smallest absolute Gasteiger partial charge is 0.275 e. The lowest BCUT2D eigenvalue weighted by molar-refractivity contribution is -0.186. The predicted octanol–water partition coefficient (Wildman–Crippen LogP) is -0.463. The molecule has 0 unspecified atom stereocenters. The molecule has 0 spiro atoms. The molecule has 33 heavy (non-hydrogen) atoms. The molecule has 3 aromatic rings. The molecule has 2 amide bonds. The summed E-state index contributed by atoms with van der Waals surface area (Å²) < 4.78 is 13.0. The van der Waals surface area contributed by atoms with Gasteiger partial charge in [0.25, 0.3) is 23.6 Å². The SMILES string of the molecule is N#Cc1ccc(C(O)(O)NC(=O)c2cc(C(=O)NC(O)(O)c3ccc(F)cc3)ncn2)cc1. The van der Waals surface area contributed by atoms with Gasteiger partial charge in [-0.2, -0.15) is 5.26 Å². The van der Waals surface area contributed by atoms with E-state index in [1.54, 1.807) is 0 Å². The van der Waals surface area contributed by atoms with Crippen molar-refractivity contribution in [3.05, 3.63) is 94.8 Å². The van der Waals surface area contributed by atoms with Crippen LogP contribution in [0, 0.1) is 17.1 Å². The minimum Gasteiger partial charge on any atom is -0.345 e. The van der Waals surface area contributed by atoms with E-state index in [-0.39, 0.29) is 16.7 Å². The number of hydrogen-bond acceptors (Lipinski definition) is 9. The van der Waals surface area contributed by atoms with Gasteiger partial charge >= 0.3 is 0 Å². The number of carbonyl (C=O) groups excluding carboxylic acids is 2. The van der Waals surface area contributed by atoms with E-state index in [9.17, 15) is 34.4 Å². The number of aromatic nitrogens is 2. The van der Waals surface area contributed by atoms with Crippen molar-refractivity contribution in [1.29, 1.82) is 5.26 Å². The Morgan fingerprint density at radius 1 is 0.818 bits per heavy atom. The van der Waals surface area contributed by atoms with E-state index < -0.39 is 40.8 Å². The van der Waals surface area contributed by atoms with E-state index in [0.29, 0.717) is 0 Å². The number of halogens is 1. The molecule has 168 valence electrons. The summed E-state index contributed by atoms with van der Waals surface area (Å²) in [5, 5.41) is 53.1. The molecule has 0 fully saturated rings. The molecule has 0 bridgehead atoms. The zero-order chi connectivity index (χ0) is 24.2. The van der Waals surface area contributed by atoms with Crippen LogP contribution in [0.15, 0.2) is 60.9 Å². The van der Waals surface area contributed by atoms with Crippen molar-refractivity contribution in [2.24, 2.45) is 0 Å². The number of nitriles is 1. The molecule has 3 rings (SSSR count). The molecule has 0 aliphatic heterocycles.